The molecule has 2 atom stereocenters. The van der Waals surface area contributed by atoms with Gasteiger partial charge in [0.25, 0.3) is 0 Å². The summed E-state index contributed by atoms with van der Waals surface area (Å²) in [6, 6.07) is 6.63. The molecule has 1 aromatic carbocycles. The highest BCUT2D eigenvalue weighted by Gasteiger charge is 2.53. The highest BCUT2D eigenvalue weighted by atomic mass is 16.6. The lowest BCUT2D eigenvalue weighted by Crippen LogP contribution is -2.54. The number of aromatic carboxylic acids is 1. The Morgan fingerprint density at radius 1 is 1.29 bits per heavy atom. The Morgan fingerprint density at radius 2 is 1.96 bits per heavy atom. The van der Waals surface area contributed by atoms with E-state index in [2.05, 4.69) is 25.7 Å². The summed E-state index contributed by atoms with van der Waals surface area (Å²) in [5.41, 5.74) is -0.626. The molecule has 0 amide bonds. The van der Waals surface area contributed by atoms with Gasteiger partial charge in [0.1, 0.15) is 0 Å². The topological polar surface area (TPSA) is 63.6 Å². The number of hydrogen-bond donors (Lipinski definition) is 1. The second-order valence-corrected chi connectivity index (χ2v) is 7.11. The van der Waals surface area contributed by atoms with Crippen LogP contribution in [-0.4, -0.2) is 22.6 Å². The molecule has 1 saturated carbocycles. The molecule has 128 valence electrons. The molecule has 1 aliphatic carbocycles. The van der Waals surface area contributed by atoms with Gasteiger partial charge in [-0.1, -0.05) is 45.2 Å². The minimum atomic E-state index is -1.02. The van der Waals surface area contributed by atoms with E-state index in [1.807, 2.05) is 6.92 Å². The average molecular weight is 328 g/mol. The highest BCUT2D eigenvalue weighted by molar-refractivity contribution is 5.90. The maximum absolute atomic E-state index is 11.8. The molecule has 4 nitrogen and oxygen atoms in total. The van der Waals surface area contributed by atoms with Crippen LogP contribution in [-0.2, 0) is 9.53 Å². The van der Waals surface area contributed by atoms with Crippen molar-refractivity contribution in [1.82, 2.24) is 0 Å². The lowest BCUT2D eigenvalue weighted by Gasteiger charge is -2.49. The first kappa shape index (κ1) is 18.1. The van der Waals surface area contributed by atoms with E-state index in [1.54, 1.807) is 18.2 Å². The number of ether oxygens (including phenoxy) is 1. The van der Waals surface area contributed by atoms with Crippen molar-refractivity contribution in [2.75, 3.05) is 0 Å². The summed E-state index contributed by atoms with van der Waals surface area (Å²) in [7, 11) is 0. The Balaban J connectivity index is 2.56. The number of rotatable bonds is 2. The van der Waals surface area contributed by atoms with Gasteiger partial charge in [0.2, 0.25) is 0 Å². The summed E-state index contributed by atoms with van der Waals surface area (Å²) in [6.07, 6.45) is 2.89. The number of benzene rings is 1. The molecule has 1 N–H and O–H groups in total. The van der Waals surface area contributed by atoms with E-state index in [1.165, 1.54) is 13.0 Å². The Bertz CT molecular complexity index is 708. The molecule has 0 spiro atoms. The molecule has 0 aliphatic heterocycles. The van der Waals surface area contributed by atoms with Crippen molar-refractivity contribution < 1.29 is 19.4 Å². The second-order valence-electron chi connectivity index (χ2n) is 7.11. The number of carboxylic acid groups (broad SMARTS) is 1. The molecule has 0 saturated heterocycles. The third kappa shape index (κ3) is 3.31. The van der Waals surface area contributed by atoms with E-state index in [0.29, 0.717) is 5.56 Å². The molecule has 2 unspecified atom stereocenters. The third-order valence-corrected chi connectivity index (χ3v) is 4.98. The van der Waals surface area contributed by atoms with Crippen LogP contribution in [0.15, 0.2) is 24.3 Å². The zero-order valence-electron chi connectivity index (χ0n) is 14.7. The van der Waals surface area contributed by atoms with Crippen molar-refractivity contribution in [3.63, 3.8) is 0 Å². The monoisotopic (exact) mass is 328 g/mol. The zero-order valence-corrected chi connectivity index (χ0v) is 14.7. The van der Waals surface area contributed by atoms with Gasteiger partial charge in [0, 0.05) is 23.8 Å². The fourth-order valence-electron chi connectivity index (χ4n) is 3.63. The molecule has 0 aromatic heterocycles. The molecule has 1 aliphatic rings. The molecule has 2 rings (SSSR count). The van der Waals surface area contributed by atoms with E-state index in [4.69, 9.17) is 4.74 Å². The number of esters is 1. The van der Waals surface area contributed by atoms with E-state index < -0.39 is 11.6 Å². The maximum Gasteiger partial charge on any atom is 0.336 e. The van der Waals surface area contributed by atoms with Crippen molar-refractivity contribution in [2.45, 2.75) is 52.6 Å². The standard InChI is InChI=1S/C20H24O4/c1-14-8-7-12-19(3,4)20(14,24-15(2)21)13-11-16-9-5-6-10-17(16)18(22)23/h5-6,9-10,14H,7-8,12H2,1-4H3,(H,22,23). The van der Waals surface area contributed by atoms with Crippen LogP contribution < -0.4 is 0 Å². The van der Waals surface area contributed by atoms with Crippen LogP contribution in [0.1, 0.15) is 62.9 Å². The van der Waals surface area contributed by atoms with Crippen molar-refractivity contribution in [3.8, 4) is 11.8 Å². The van der Waals surface area contributed by atoms with Gasteiger partial charge in [-0.2, -0.15) is 0 Å². The predicted molar refractivity (Wildman–Crippen MR) is 91.6 cm³/mol. The van der Waals surface area contributed by atoms with Crippen LogP contribution in [0.25, 0.3) is 0 Å². The Morgan fingerprint density at radius 3 is 2.54 bits per heavy atom. The minimum absolute atomic E-state index is 0.0784. The largest absolute Gasteiger partial charge is 0.478 e. The lowest BCUT2D eigenvalue weighted by atomic mass is 9.60. The molecule has 0 heterocycles. The van der Waals surface area contributed by atoms with Gasteiger partial charge in [-0.05, 0) is 30.9 Å². The summed E-state index contributed by atoms with van der Waals surface area (Å²) in [5.74, 6) is 4.85. The van der Waals surface area contributed by atoms with Crippen molar-refractivity contribution in [3.05, 3.63) is 35.4 Å². The normalized spacial score (nSPS) is 25.2. The van der Waals surface area contributed by atoms with Gasteiger partial charge in [-0.3, -0.25) is 4.79 Å². The van der Waals surface area contributed by atoms with Gasteiger partial charge >= 0.3 is 11.9 Å². The summed E-state index contributed by atoms with van der Waals surface area (Å²) >= 11 is 0. The molecule has 1 aromatic rings. The van der Waals surface area contributed by atoms with Gasteiger partial charge in [-0.15, -0.1) is 0 Å². The molecule has 0 radical (unpaired) electrons. The first-order valence-electron chi connectivity index (χ1n) is 8.25. The summed E-state index contributed by atoms with van der Waals surface area (Å²) in [5, 5.41) is 9.31. The SMILES string of the molecule is CC(=O)OC1(C#Cc2ccccc2C(=O)O)C(C)CCCC1(C)C. The van der Waals surface area contributed by atoms with Crippen molar-refractivity contribution in [2.24, 2.45) is 11.3 Å². The fourth-order valence-corrected chi connectivity index (χ4v) is 3.63. The lowest BCUT2D eigenvalue weighted by molar-refractivity contribution is -0.175. The predicted octanol–water partition coefficient (Wildman–Crippen LogP) is 3.88. The Hall–Kier alpha value is -2.28. The molecule has 0 bridgehead atoms. The molecule has 24 heavy (non-hydrogen) atoms. The van der Waals surface area contributed by atoms with Crippen LogP contribution in [0.2, 0.25) is 0 Å². The highest BCUT2D eigenvalue weighted by Crippen LogP contribution is 2.49. The Kier molecular flexibility index (Phi) is 5.03. The van der Waals surface area contributed by atoms with Gasteiger partial charge in [0.15, 0.2) is 5.60 Å². The van der Waals surface area contributed by atoms with Gasteiger partial charge in [-0.25, -0.2) is 4.79 Å². The first-order valence-corrected chi connectivity index (χ1v) is 8.25. The zero-order chi connectivity index (χ0) is 18.0. The molecule has 1 fully saturated rings. The number of carbonyl (C=O) groups is 2. The minimum Gasteiger partial charge on any atom is -0.478 e. The van der Waals surface area contributed by atoms with E-state index in [0.717, 1.165) is 19.3 Å². The Labute approximate surface area is 143 Å². The fraction of sp³-hybridized carbons (Fsp3) is 0.500. The van der Waals surface area contributed by atoms with Gasteiger partial charge < -0.3 is 9.84 Å². The summed E-state index contributed by atoms with van der Waals surface area (Å²) in [4.78, 5) is 23.1. The van der Waals surface area contributed by atoms with Crippen molar-refractivity contribution in [1.29, 1.82) is 0 Å². The van der Waals surface area contributed by atoms with Crippen LogP contribution in [0.3, 0.4) is 0 Å². The second kappa shape index (κ2) is 6.68. The van der Waals surface area contributed by atoms with Crippen LogP contribution in [0.4, 0.5) is 0 Å². The van der Waals surface area contributed by atoms with E-state index >= 15 is 0 Å². The maximum atomic E-state index is 11.8. The third-order valence-electron chi connectivity index (χ3n) is 4.98. The van der Waals surface area contributed by atoms with Crippen LogP contribution in [0, 0.1) is 23.2 Å². The number of carbonyl (C=O) groups excluding carboxylic acids is 1. The molecular weight excluding hydrogens is 304 g/mol. The van der Waals surface area contributed by atoms with Crippen LogP contribution in [0.5, 0.6) is 0 Å². The first-order chi connectivity index (χ1) is 11.2. The summed E-state index contributed by atoms with van der Waals surface area (Å²) < 4.78 is 5.77. The quantitative estimate of drug-likeness (QED) is 0.661. The average Bonchev–Trinajstić information content (AvgIpc) is 2.49. The molecular formula is C20H24O4. The smallest absolute Gasteiger partial charge is 0.336 e. The van der Waals surface area contributed by atoms with Crippen molar-refractivity contribution >= 4 is 11.9 Å². The number of carboxylic acids is 1. The van der Waals surface area contributed by atoms with E-state index in [-0.39, 0.29) is 22.9 Å². The van der Waals surface area contributed by atoms with E-state index in [9.17, 15) is 14.7 Å². The summed E-state index contributed by atoms with van der Waals surface area (Å²) in [6.45, 7) is 7.56. The van der Waals surface area contributed by atoms with Gasteiger partial charge in [0.05, 0.1) is 5.56 Å². The molecule has 4 heteroatoms. The number of hydrogen-bond acceptors (Lipinski definition) is 3. The van der Waals surface area contributed by atoms with Crippen LogP contribution >= 0.6 is 0 Å².